The van der Waals surface area contributed by atoms with Crippen LogP contribution in [-0.4, -0.2) is 44.5 Å². The number of ether oxygens (including phenoxy) is 2. The molecule has 1 heterocycles. The maximum absolute atomic E-state index is 15.6. The van der Waals surface area contributed by atoms with Gasteiger partial charge in [0.05, 0.1) is 12.0 Å². The van der Waals surface area contributed by atoms with E-state index in [1.807, 2.05) is 83.3 Å². The van der Waals surface area contributed by atoms with Crippen LogP contribution in [0.2, 0.25) is 18.1 Å². The van der Waals surface area contributed by atoms with Crippen LogP contribution in [0.3, 0.4) is 0 Å². The van der Waals surface area contributed by atoms with Gasteiger partial charge in [-0.1, -0.05) is 76.6 Å². The van der Waals surface area contributed by atoms with Crippen LogP contribution in [0.25, 0.3) is 11.1 Å². The van der Waals surface area contributed by atoms with Gasteiger partial charge in [-0.05, 0) is 60.7 Å². The zero-order valence-corrected chi connectivity index (χ0v) is 26.8. The Hall–Kier alpha value is -2.58. The number of unbranched alkanes of at least 4 members (excludes halogenated alkanes) is 1. The molecule has 42 heavy (non-hydrogen) atoms. The van der Waals surface area contributed by atoms with Crippen molar-refractivity contribution in [1.29, 1.82) is 0 Å². The summed E-state index contributed by atoms with van der Waals surface area (Å²) in [5.41, 5.74) is 2.46. The molecule has 5 nitrogen and oxygen atoms in total. The normalized spacial score (nSPS) is 23.4. The molecule has 1 unspecified atom stereocenters. The van der Waals surface area contributed by atoms with Crippen LogP contribution >= 0.6 is 0 Å². The third-order valence-corrected chi connectivity index (χ3v) is 14.0. The molecule has 5 atom stereocenters. The van der Waals surface area contributed by atoms with Gasteiger partial charge in [-0.25, -0.2) is 13.6 Å². The second-order valence-corrected chi connectivity index (χ2v) is 18.2. The number of halogens is 2. The highest BCUT2D eigenvalue weighted by atomic mass is 28.4. The molecule has 0 amide bonds. The Labute approximate surface area is 250 Å². The molecule has 0 aromatic heterocycles. The number of hydrogen-bond donors (Lipinski definition) is 0. The van der Waals surface area contributed by atoms with E-state index in [2.05, 4.69) is 0 Å². The van der Waals surface area contributed by atoms with E-state index in [1.165, 1.54) is 0 Å². The van der Waals surface area contributed by atoms with Crippen LogP contribution < -0.4 is 0 Å². The number of hydrogen-bond acceptors (Lipinski definition) is 5. The first-order valence-corrected chi connectivity index (χ1v) is 18.2. The largest absolute Gasteiger partial charge is 0.462 e. The van der Waals surface area contributed by atoms with Crippen molar-refractivity contribution in [3.8, 4) is 11.1 Å². The van der Waals surface area contributed by atoms with Crippen molar-refractivity contribution >= 4 is 20.3 Å². The van der Waals surface area contributed by atoms with E-state index < -0.39 is 32.4 Å². The molecule has 1 aliphatic heterocycles. The van der Waals surface area contributed by atoms with Crippen LogP contribution in [0.5, 0.6) is 0 Å². The van der Waals surface area contributed by atoms with Crippen molar-refractivity contribution in [1.82, 2.24) is 0 Å². The van der Waals surface area contributed by atoms with Gasteiger partial charge in [0, 0.05) is 24.7 Å². The third-order valence-electron chi connectivity index (χ3n) is 9.48. The molecule has 230 valence electrons. The summed E-state index contributed by atoms with van der Waals surface area (Å²) in [6.45, 7) is 12.0. The highest BCUT2D eigenvalue weighted by molar-refractivity contribution is 6.74. The van der Waals surface area contributed by atoms with Crippen LogP contribution in [0, 0.1) is 11.8 Å². The minimum atomic E-state index is -2.97. The molecule has 0 N–H and O–H groups in total. The molecular formula is C34H46F2O5Si. The Kier molecular flexibility index (Phi) is 9.98. The van der Waals surface area contributed by atoms with Gasteiger partial charge in [-0.15, -0.1) is 0 Å². The van der Waals surface area contributed by atoms with Crippen LogP contribution in [-0.2, 0) is 18.7 Å². The summed E-state index contributed by atoms with van der Waals surface area (Å²) < 4.78 is 49.2. The SMILES string of the molecule is CCCCC(F)(F)C(CC[C@@H]1[C@H]2CC(=O)O[C@H]2C[C@H]1OC(=O)c1ccc(-c2ccccc2)cc1)O[Si](C)(C)C(C)(C)C. The lowest BCUT2D eigenvalue weighted by molar-refractivity contribution is -0.142. The quantitative estimate of drug-likeness (QED) is 0.180. The minimum absolute atomic E-state index is 0.130. The van der Waals surface area contributed by atoms with Gasteiger partial charge in [-0.2, -0.15) is 0 Å². The molecule has 2 fully saturated rings. The Morgan fingerprint density at radius 1 is 1.05 bits per heavy atom. The standard InChI is InChI=1S/C34H46F2O5Si/c1-7-8-20-34(35,36)30(41-42(5,6)33(2,3)4)19-18-26-27-21-31(37)39-29(27)22-28(26)40-32(38)25-16-14-24(15-17-25)23-12-10-9-11-13-23/h9-17,26-30H,7-8,18-22H2,1-6H3/t26-,27-,28-,29+,30?/m1/s1. The van der Waals surface area contributed by atoms with E-state index in [-0.39, 0.29) is 48.2 Å². The fourth-order valence-electron chi connectivity index (χ4n) is 5.93. The number of carbonyl (C=O) groups excluding carboxylic acids is 2. The summed E-state index contributed by atoms with van der Waals surface area (Å²) in [7, 11) is -2.49. The first kappa shape index (κ1) is 32.3. The van der Waals surface area contributed by atoms with Crippen molar-refractivity contribution < 1.29 is 32.3 Å². The summed E-state index contributed by atoms with van der Waals surface area (Å²) >= 11 is 0. The Morgan fingerprint density at radius 2 is 1.69 bits per heavy atom. The molecule has 2 aromatic rings. The maximum atomic E-state index is 15.6. The van der Waals surface area contributed by atoms with Gasteiger partial charge >= 0.3 is 11.9 Å². The number of fused-ring (bicyclic) bond motifs is 1. The number of benzene rings is 2. The molecule has 0 spiro atoms. The Balaban J connectivity index is 1.50. The summed E-state index contributed by atoms with van der Waals surface area (Å²) in [4.78, 5) is 25.4. The molecule has 0 bridgehead atoms. The first-order valence-electron chi connectivity index (χ1n) is 15.3. The molecule has 2 aliphatic rings. The average Bonchev–Trinajstić information content (AvgIpc) is 3.44. The highest BCUT2D eigenvalue weighted by Crippen LogP contribution is 2.47. The number of alkyl halides is 2. The Morgan fingerprint density at radius 3 is 2.31 bits per heavy atom. The molecule has 2 aromatic carbocycles. The second-order valence-electron chi connectivity index (χ2n) is 13.5. The monoisotopic (exact) mass is 600 g/mol. The number of carbonyl (C=O) groups is 2. The van der Waals surface area contributed by atoms with Crippen molar-refractivity contribution in [3.63, 3.8) is 0 Å². The number of rotatable bonds is 12. The molecule has 4 rings (SSSR count). The summed E-state index contributed by atoms with van der Waals surface area (Å²) in [5, 5.41) is -0.218. The lowest BCUT2D eigenvalue weighted by Crippen LogP contribution is -2.49. The van der Waals surface area contributed by atoms with Crippen molar-refractivity contribution in [2.75, 3.05) is 0 Å². The predicted octanol–water partition coefficient (Wildman–Crippen LogP) is 8.83. The third kappa shape index (κ3) is 7.49. The van der Waals surface area contributed by atoms with Gasteiger partial charge < -0.3 is 13.9 Å². The molecule has 1 saturated heterocycles. The second kappa shape index (κ2) is 13.0. The fraction of sp³-hybridized carbons (Fsp3) is 0.588. The van der Waals surface area contributed by atoms with Gasteiger partial charge in [0.2, 0.25) is 0 Å². The van der Waals surface area contributed by atoms with Crippen molar-refractivity contribution in [2.45, 2.75) is 115 Å². The lowest BCUT2D eigenvalue weighted by atomic mass is 9.86. The van der Waals surface area contributed by atoms with Crippen LogP contribution in [0.1, 0.15) is 83.0 Å². The predicted molar refractivity (Wildman–Crippen MR) is 163 cm³/mol. The van der Waals surface area contributed by atoms with E-state index in [4.69, 9.17) is 13.9 Å². The zero-order chi connectivity index (χ0) is 30.7. The van der Waals surface area contributed by atoms with Crippen molar-refractivity contribution in [3.05, 3.63) is 60.2 Å². The topological polar surface area (TPSA) is 61.8 Å². The van der Waals surface area contributed by atoms with Gasteiger partial charge in [0.15, 0.2) is 8.32 Å². The van der Waals surface area contributed by atoms with Crippen LogP contribution in [0.15, 0.2) is 54.6 Å². The van der Waals surface area contributed by atoms with E-state index in [1.54, 1.807) is 12.1 Å². The molecule has 0 radical (unpaired) electrons. The molecule has 1 saturated carbocycles. The van der Waals surface area contributed by atoms with E-state index in [0.717, 1.165) is 11.1 Å². The molecule has 8 heteroatoms. The molecular weight excluding hydrogens is 554 g/mol. The first-order chi connectivity index (χ1) is 19.7. The summed E-state index contributed by atoms with van der Waals surface area (Å²) in [6.07, 6.45) is -0.141. The van der Waals surface area contributed by atoms with E-state index >= 15 is 8.78 Å². The van der Waals surface area contributed by atoms with Gasteiger partial charge in [-0.3, -0.25) is 4.79 Å². The lowest BCUT2D eigenvalue weighted by Gasteiger charge is -2.42. The van der Waals surface area contributed by atoms with Crippen molar-refractivity contribution in [2.24, 2.45) is 11.8 Å². The summed E-state index contributed by atoms with van der Waals surface area (Å²) in [5.74, 6) is -4.13. The van der Waals surface area contributed by atoms with E-state index in [9.17, 15) is 9.59 Å². The smallest absolute Gasteiger partial charge is 0.338 e. The minimum Gasteiger partial charge on any atom is -0.462 e. The average molecular weight is 601 g/mol. The summed E-state index contributed by atoms with van der Waals surface area (Å²) in [6, 6.07) is 17.1. The fourth-order valence-corrected chi connectivity index (χ4v) is 7.29. The maximum Gasteiger partial charge on any atom is 0.338 e. The molecule has 1 aliphatic carbocycles. The Bertz CT molecular complexity index is 1210. The highest BCUT2D eigenvalue weighted by Gasteiger charge is 2.53. The van der Waals surface area contributed by atoms with Gasteiger partial charge in [0.1, 0.15) is 18.3 Å². The number of esters is 2. The van der Waals surface area contributed by atoms with Gasteiger partial charge in [0.25, 0.3) is 5.92 Å². The van der Waals surface area contributed by atoms with Crippen LogP contribution in [0.4, 0.5) is 8.78 Å². The zero-order valence-electron chi connectivity index (χ0n) is 25.8. The van der Waals surface area contributed by atoms with E-state index in [0.29, 0.717) is 31.2 Å².